The Balaban J connectivity index is 2.23. The highest BCUT2D eigenvalue weighted by molar-refractivity contribution is 6.33. The lowest BCUT2D eigenvalue weighted by Crippen LogP contribution is -2.38. The van der Waals surface area contributed by atoms with Crippen molar-refractivity contribution in [2.75, 3.05) is 12.4 Å². The Morgan fingerprint density at radius 3 is 2.46 bits per heavy atom. The van der Waals surface area contributed by atoms with Crippen molar-refractivity contribution in [1.29, 1.82) is 0 Å². The molecule has 0 bridgehead atoms. The second kappa shape index (κ2) is 7.14. The van der Waals surface area contributed by atoms with Crippen molar-refractivity contribution in [2.24, 2.45) is 11.8 Å². The van der Waals surface area contributed by atoms with Crippen LogP contribution in [0.5, 0.6) is 5.75 Å². The maximum Gasteiger partial charge on any atom is 0.367 e. The Hall–Kier alpha value is -1.54. The quantitative estimate of drug-likeness (QED) is 0.510. The van der Waals surface area contributed by atoms with E-state index in [0.29, 0.717) is 11.8 Å². The van der Waals surface area contributed by atoms with E-state index in [9.17, 15) is 4.79 Å². The van der Waals surface area contributed by atoms with E-state index in [0.717, 1.165) is 12.8 Å². The summed E-state index contributed by atoms with van der Waals surface area (Å²) in [6, 6.07) is 2.76. The van der Waals surface area contributed by atoms with Gasteiger partial charge in [0.2, 0.25) is 0 Å². The predicted molar refractivity (Wildman–Crippen MR) is 89.8 cm³/mol. The number of benzene rings is 1. The van der Waals surface area contributed by atoms with Crippen molar-refractivity contribution in [1.82, 2.24) is 5.32 Å². The van der Waals surface area contributed by atoms with Crippen LogP contribution in [0.15, 0.2) is 12.1 Å². The summed E-state index contributed by atoms with van der Waals surface area (Å²) >= 11 is 6.05. The van der Waals surface area contributed by atoms with Crippen molar-refractivity contribution in [2.45, 2.75) is 38.8 Å². The van der Waals surface area contributed by atoms with Gasteiger partial charge in [0.25, 0.3) is 5.91 Å². The number of nitrogens with one attached hydrogen (secondary N) is 2. The van der Waals surface area contributed by atoms with Gasteiger partial charge in [0.05, 0.1) is 23.4 Å². The second-order valence-electron chi connectivity index (χ2n) is 6.29. The highest BCUT2D eigenvalue weighted by atomic mass is 35.5. The van der Waals surface area contributed by atoms with Crippen molar-refractivity contribution >= 4 is 23.2 Å². The molecule has 0 aromatic heterocycles. The molecular weight excluding hydrogens is 336 g/mol. The fourth-order valence-electron chi connectivity index (χ4n) is 2.99. The summed E-state index contributed by atoms with van der Waals surface area (Å²) in [7, 11) is 1.38. The van der Waals surface area contributed by atoms with Crippen LogP contribution in [-0.4, -0.2) is 40.5 Å². The Morgan fingerprint density at radius 2 is 1.96 bits per heavy atom. The number of hydrogen-bond donors (Lipinski definition) is 5. The molecule has 1 aliphatic carbocycles. The molecule has 24 heavy (non-hydrogen) atoms. The highest BCUT2D eigenvalue weighted by Gasteiger charge is 2.31. The zero-order chi connectivity index (χ0) is 18.1. The first-order valence-electron chi connectivity index (χ1n) is 7.76. The number of carbonyl (C=O) groups excluding carboxylic acids is 1. The van der Waals surface area contributed by atoms with Gasteiger partial charge >= 0.3 is 6.10 Å². The normalized spacial score (nSPS) is 23.9. The minimum absolute atomic E-state index is 0.0143. The van der Waals surface area contributed by atoms with Crippen LogP contribution < -0.4 is 15.4 Å². The first-order valence-corrected chi connectivity index (χ1v) is 8.14. The average Bonchev–Trinajstić information content (AvgIpc) is 2.79. The van der Waals surface area contributed by atoms with Crippen molar-refractivity contribution in [3.63, 3.8) is 0 Å². The average molecular weight is 359 g/mol. The van der Waals surface area contributed by atoms with Crippen LogP contribution in [0.1, 0.15) is 37.0 Å². The third kappa shape index (κ3) is 4.30. The van der Waals surface area contributed by atoms with Crippen molar-refractivity contribution in [3.8, 4) is 5.75 Å². The van der Waals surface area contributed by atoms with Gasteiger partial charge in [-0.1, -0.05) is 25.4 Å². The fraction of sp³-hybridized carbons (Fsp3) is 0.562. The first kappa shape index (κ1) is 18.8. The van der Waals surface area contributed by atoms with Gasteiger partial charge in [-0.05, 0) is 30.7 Å². The summed E-state index contributed by atoms with van der Waals surface area (Å²) in [4.78, 5) is 12.6. The monoisotopic (exact) mass is 358 g/mol. The fourth-order valence-corrected chi connectivity index (χ4v) is 3.20. The van der Waals surface area contributed by atoms with Gasteiger partial charge in [0.1, 0.15) is 5.75 Å². The lowest BCUT2D eigenvalue weighted by atomic mass is 9.97. The number of halogens is 1. The zero-order valence-electron chi connectivity index (χ0n) is 13.8. The van der Waals surface area contributed by atoms with E-state index in [1.54, 1.807) is 0 Å². The number of carbonyl (C=O) groups is 1. The van der Waals surface area contributed by atoms with Crippen LogP contribution in [0, 0.1) is 11.8 Å². The van der Waals surface area contributed by atoms with E-state index in [4.69, 9.17) is 31.7 Å². The lowest BCUT2D eigenvalue weighted by Gasteiger charge is -2.22. The van der Waals surface area contributed by atoms with Gasteiger partial charge in [-0.2, -0.15) is 0 Å². The maximum absolute atomic E-state index is 12.6. The van der Waals surface area contributed by atoms with E-state index in [-0.39, 0.29) is 34.0 Å². The molecule has 2 rings (SSSR count). The molecule has 3 atom stereocenters. The number of ether oxygens (including phenoxy) is 1. The first-order chi connectivity index (χ1) is 11.1. The standard InChI is InChI=1S/C16H23ClN2O5/c1-8-4-5-12(9(8)2)18-15(20)10-6-11(17)13(7-14(10)24-3)19-16(21,22)23/h6-9,12,19,21-23H,4-5H2,1-3H3,(H,18,20). The van der Waals surface area contributed by atoms with Crippen LogP contribution in [0.3, 0.4) is 0 Å². The Bertz CT molecular complexity index is 617. The largest absolute Gasteiger partial charge is 0.496 e. The molecule has 0 aliphatic heterocycles. The zero-order valence-corrected chi connectivity index (χ0v) is 14.6. The molecule has 134 valence electrons. The third-order valence-corrected chi connectivity index (χ3v) is 4.93. The van der Waals surface area contributed by atoms with Crippen LogP contribution in [0.2, 0.25) is 5.02 Å². The molecule has 1 amide bonds. The Labute approximate surface area is 145 Å². The van der Waals surface area contributed by atoms with Gasteiger partial charge in [0.15, 0.2) is 0 Å². The van der Waals surface area contributed by atoms with Gasteiger partial charge < -0.3 is 30.7 Å². The summed E-state index contributed by atoms with van der Waals surface area (Å²) in [6.07, 6.45) is -1.14. The number of hydrogen-bond acceptors (Lipinski definition) is 6. The smallest absolute Gasteiger partial charge is 0.367 e. The predicted octanol–water partition coefficient (Wildman–Crippen LogP) is 1.51. The molecule has 1 fully saturated rings. The number of rotatable bonds is 5. The number of anilines is 1. The number of amides is 1. The van der Waals surface area contributed by atoms with Gasteiger partial charge in [0, 0.05) is 12.1 Å². The van der Waals surface area contributed by atoms with Crippen LogP contribution in [0.25, 0.3) is 0 Å². The summed E-state index contributed by atoms with van der Waals surface area (Å²) in [5, 5.41) is 32.0. The van der Waals surface area contributed by atoms with Crippen LogP contribution >= 0.6 is 11.6 Å². The molecule has 3 unspecified atom stereocenters. The van der Waals surface area contributed by atoms with Crippen LogP contribution in [-0.2, 0) is 0 Å². The molecule has 1 aromatic rings. The maximum atomic E-state index is 12.6. The number of aliphatic hydroxyl groups is 3. The molecule has 1 aliphatic rings. The van der Waals surface area contributed by atoms with Crippen LogP contribution in [0.4, 0.5) is 5.69 Å². The molecule has 7 nitrogen and oxygen atoms in total. The molecule has 8 heteroatoms. The minimum atomic E-state index is -3.13. The SMILES string of the molecule is COc1cc(NC(O)(O)O)c(Cl)cc1C(=O)NC1CCC(C)C1C. The van der Waals surface area contributed by atoms with E-state index in [1.165, 1.54) is 19.2 Å². The van der Waals surface area contributed by atoms with E-state index >= 15 is 0 Å². The van der Waals surface area contributed by atoms with E-state index in [1.807, 2.05) is 5.32 Å². The summed E-state index contributed by atoms with van der Waals surface area (Å²) in [5.41, 5.74) is 0.250. The Kier molecular flexibility index (Phi) is 5.59. The molecular formula is C16H23ClN2O5. The van der Waals surface area contributed by atoms with E-state index in [2.05, 4.69) is 19.2 Å². The molecule has 0 spiro atoms. The summed E-state index contributed by atoms with van der Waals surface area (Å²) in [6.45, 7) is 4.28. The summed E-state index contributed by atoms with van der Waals surface area (Å²) < 4.78 is 5.18. The topological polar surface area (TPSA) is 111 Å². The molecule has 0 heterocycles. The molecule has 1 saturated carbocycles. The van der Waals surface area contributed by atoms with Crippen molar-refractivity contribution < 1.29 is 24.9 Å². The lowest BCUT2D eigenvalue weighted by molar-refractivity contribution is -0.289. The third-order valence-electron chi connectivity index (χ3n) is 4.62. The minimum Gasteiger partial charge on any atom is -0.496 e. The van der Waals surface area contributed by atoms with E-state index < -0.39 is 6.10 Å². The highest BCUT2D eigenvalue weighted by Crippen LogP contribution is 2.34. The molecule has 0 saturated heterocycles. The second-order valence-corrected chi connectivity index (χ2v) is 6.69. The van der Waals surface area contributed by atoms with Gasteiger partial charge in [-0.3, -0.25) is 4.79 Å². The van der Waals surface area contributed by atoms with Gasteiger partial charge in [-0.25, -0.2) is 0 Å². The summed E-state index contributed by atoms with van der Waals surface area (Å²) in [5.74, 6) is 0.825. The molecule has 0 radical (unpaired) electrons. The molecule has 1 aromatic carbocycles. The van der Waals surface area contributed by atoms with Gasteiger partial charge in [-0.15, -0.1) is 0 Å². The Morgan fingerprint density at radius 1 is 1.29 bits per heavy atom. The molecule has 5 N–H and O–H groups in total. The number of methoxy groups -OCH3 is 1. The van der Waals surface area contributed by atoms with Crippen molar-refractivity contribution in [3.05, 3.63) is 22.7 Å².